The predicted molar refractivity (Wildman–Crippen MR) is 151 cm³/mol. The van der Waals surface area contributed by atoms with Crippen LogP contribution in [-0.2, 0) is 26.2 Å². The van der Waals surface area contributed by atoms with E-state index in [0.717, 1.165) is 22.3 Å². The molecule has 1 N–H and O–H groups in total. The van der Waals surface area contributed by atoms with E-state index in [1.54, 1.807) is 24.3 Å². The Morgan fingerprint density at radius 3 is 2.11 bits per heavy atom. The van der Waals surface area contributed by atoms with Crippen molar-refractivity contribution in [2.45, 2.75) is 58.5 Å². The van der Waals surface area contributed by atoms with E-state index >= 15 is 0 Å². The quantitative estimate of drug-likeness (QED) is 0.384. The maximum atomic E-state index is 14.0. The SMILES string of the molecule is CCNC(=O)[C@H](CC)N(Cc1ccc(C)cc1)C(=O)CN(c1cc(C)ccc1C)S(=O)(=O)c1ccccc1. The third-order valence-corrected chi connectivity index (χ3v) is 8.23. The van der Waals surface area contributed by atoms with E-state index in [2.05, 4.69) is 5.32 Å². The Morgan fingerprint density at radius 2 is 1.50 bits per heavy atom. The van der Waals surface area contributed by atoms with Gasteiger partial charge in [0.05, 0.1) is 10.6 Å². The molecule has 3 aromatic carbocycles. The van der Waals surface area contributed by atoms with E-state index in [0.29, 0.717) is 18.7 Å². The summed E-state index contributed by atoms with van der Waals surface area (Å²) in [4.78, 5) is 28.6. The number of aryl methyl sites for hydroxylation is 3. The number of rotatable bonds is 11. The summed E-state index contributed by atoms with van der Waals surface area (Å²) in [5.41, 5.74) is 3.97. The average Bonchev–Trinajstić information content (AvgIpc) is 2.90. The lowest BCUT2D eigenvalue weighted by molar-refractivity contribution is -0.140. The van der Waals surface area contributed by atoms with E-state index in [-0.39, 0.29) is 17.3 Å². The zero-order chi connectivity index (χ0) is 27.9. The topological polar surface area (TPSA) is 86.8 Å². The Morgan fingerprint density at radius 1 is 0.868 bits per heavy atom. The third-order valence-electron chi connectivity index (χ3n) is 6.45. The first kappa shape index (κ1) is 28.9. The van der Waals surface area contributed by atoms with Crippen LogP contribution in [0, 0.1) is 20.8 Å². The fraction of sp³-hybridized carbons (Fsp3) is 0.333. The summed E-state index contributed by atoms with van der Waals surface area (Å²) in [7, 11) is -4.08. The molecular formula is C30H37N3O4S. The number of carbonyl (C=O) groups is 2. The Labute approximate surface area is 226 Å². The van der Waals surface area contributed by atoms with E-state index in [9.17, 15) is 18.0 Å². The normalized spacial score (nSPS) is 12.0. The minimum absolute atomic E-state index is 0.0922. The molecule has 0 radical (unpaired) electrons. The summed E-state index contributed by atoms with van der Waals surface area (Å²) < 4.78 is 29.0. The van der Waals surface area contributed by atoms with Gasteiger partial charge in [-0.25, -0.2) is 8.42 Å². The molecule has 0 aliphatic heterocycles. The number of hydrogen-bond donors (Lipinski definition) is 1. The van der Waals surface area contributed by atoms with Crippen molar-refractivity contribution in [2.75, 3.05) is 17.4 Å². The molecule has 3 aromatic rings. The van der Waals surface area contributed by atoms with Gasteiger partial charge in [0.1, 0.15) is 12.6 Å². The van der Waals surface area contributed by atoms with Gasteiger partial charge >= 0.3 is 0 Å². The molecule has 202 valence electrons. The van der Waals surface area contributed by atoms with E-state index in [1.807, 2.05) is 71.0 Å². The molecule has 0 heterocycles. The first-order chi connectivity index (χ1) is 18.1. The molecule has 7 nitrogen and oxygen atoms in total. The molecule has 0 saturated carbocycles. The highest BCUT2D eigenvalue weighted by molar-refractivity contribution is 7.92. The zero-order valence-corrected chi connectivity index (χ0v) is 23.6. The molecule has 0 saturated heterocycles. The average molecular weight is 536 g/mol. The highest BCUT2D eigenvalue weighted by Gasteiger charge is 2.34. The smallest absolute Gasteiger partial charge is 0.264 e. The number of amides is 2. The Bertz CT molecular complexity index is 1360. The monoisotopic (exact) mass is 535 g/mol. The lowest BCUT2D eigenvalue weighted by Crippen LogP contribution is -2.52. The van der Waals surface area contributed by atoms with Crippen molar-refractivity contribution in [3.05, 3.63) is 95.1 Å². The van der Waals surface area contributed by atoms with Crippen molar-refractivity contribution < 1.29 is 18.0 Å². The number of benzene rings is 3. The van der Waals surface area contributed by atoms with Gasteiger partial charge in [0, 0.05) is 13.1 Å². The van der Waals surface area contributed by atoms with Gasteiger partial charge < -0.3 is 10.2 Å². The predicted octanol–water partition coefficient (Wildman–Crippen LogP) is 4.75. The maximum Gasteiger partial charge on any atom is 0.264 e. The minimum atomic E-state index is -4.08. The van der Waals surface area contributed by atoms with Gasteiger partial charge in [0.15, 0.2) is 0 Å². The standard InChI is InChI=1S/C30H37N3O4S/c1-6-27(30(35)31-7-2)32(20-25-17-14-22(3)15-18-25)29(34)21-33(28-19-23(4)13-16-24(28)5)38(36,37)26-11-9-8-10-12-26/h8-19,27H,6-7,20-21H2,1-5H3,(H,31,35)/t27-/m0/s1. The lowest BCUT2D eigenvalue weighted by atomic mass is 10.1. The van der Waals surface area contributed by atoms with Crippen LogP contribution in [0.25, 0.3) is 0 Å². The van der Waals surface area contributed by atoms with Gasteiger partial charge in [-0.2, -0.15) is 0 Å². The maximum absolute atomic E-state index is 14.0. The van der Waals surface area contributed by atoms with Crippen molar-refractivity contribution in [1.29, 1.82) is 0 Å². The molecule has 0 aromatic heterocycles. The molecule has 1 atom stereocenters. The molecule has 0 aliphatic rings. The number of nitrogens with zero attached hydrogens (tertiary/aromatic N) is 2. The van der Waals surface area contributed by atoms with E-state index < -0.39 is 28.5 Å². The molecule has 0 spiro atoms. The molecule has 38 heavy (non-hydrogen) atoms. The van der Waals surface area contributed by atoms with Gasteiger partial charge in [-0.15, -0.1) is 0 Å². The largest absolute Gasteiger partial charge is 0.355 e. The van der Waals surface area contributed by atoms with Crippen molar-refractivity contribution in [3.8, 4) is 0 Å². The van der Waals surface area contributed by atoms with Crippen molar-refractivity contribution in [2.24, 2.45) is 0 Å². The summed E-state index contributed by atoms with van der Waals surface area (Å²) in [6.45, 7) is 9.52. The number of carbonyl (C=O) groups excluding carboxylic acids is 2. The Hall–Kier alpha value is -3.65. The number of likely N-dealkylation sites (N-methyl/N-ethyl adjacent to an activating group) is 1. The number of sulfonamides is 1. The Balaban J connectivity index is 2.08. The van der Waals surface area contributed by atoms with Crippen LogP contribution in [0.4, 0.5) is 5.69 Å². The minimum Gasteiger partial charge on any atom is -0.355 e. The van der Waals surface area contributed by atoms with Crippen LogP contribution in [0.1, 0.15) is 42.5 Å². The summed E-state index contributed by atoms with van der Waals surface area (Å²) >= 11 is 0. The summed E-state index contributed by atoms with van der Waals surface area (Å²) in [5.74, 6) is -0.719. The van der Waals surface area contributed by atoms with E-state index in [1.165, 1.54) is 21.3 Å². The first-order valence-electron chi connectivity index (χ1n) is 12.9. The second kappa shape index (κ2) is 12.7. The Kier molecular flexibility index (Phi) is 9.69. The lowest BCUT2D eigenvalue weighted by Gasteiger charge is -2.33. The van der Waals surface area contributed by atoms with Crippen LogP contribution < -0.4 is 9.62 Å². The van der Waals surface area contributed by atoms with Gasteiger partial charge in [0.25, 0.3) is 10.0 Å². The van der Waals surface area contributed by atoms with Crippen LogP contribution in [-0.4, -0.2) is 44.3 Å². The van der Waals surface area contributed by atoms with Crippen LogP contribution in [0.3, 0.4) is 0 Å². The van der Waals surface area contributed by atoms with Crippen molar-refractivity contribution in [1.82, 2.24) is 10.2 Å². The summed E-state index contributed by atoms with van der Waals surface area (Å²) in [6, 6.07) is 20.6. The van der Waals surface area contributed by atoms with Crippen LogP contribution >= 0.6 is 0 Å². The zero-order valence-electron chi connectivity index (χ0n) is 22.8. The number of anilines is 1. The van der Waals surface area contributed by atoms with Gasteiger partial charge in [-0.3, -0.25) is 13.9 Å². The molecule has 0 bridgehead atoms. The molecule has 8 heteroatoms. The number of hydrogen-bond acceptors (Lipinski definition) is 4. The van der Waals surface area contributed by atoms with Gasteiger partial charge in [-0.05, 0) is 69.0 Å². The molecule has 0 fully saturated rings. The van der Waals surface area contributed by atoms with Crippen LogP contribution in [0.5, 0.6) is 0 Å². The fourth-order valence-corrected chi connectivity index (χ4v) is 5.81. The number of nitrogens with one attached hydrogen (secondary N) is 1. The molecular weight excluding hydrogens is 498 g/mol. The summed E-state index contributed by atoms with van der Waals surface area (Å²) in [5, 5.41) is 2.82. The van der Waals surface area contributed by atoms with Gasteiger partial charge in [-0.1, -0.05) is 67.1 Å². The highest BCUT2D eigenvalue weighted by Crippen LogP contribution is 2.28. The van der Waals surface area contributed by atoms with Gasteiger partial charge in [0.2, 0.25) is 11.8 Å². The second-order valence-corrected chi connectivity index (χ2v) is 11.3. The van der Waals surface area contributed by atoms with Crippen LogP contribution in [0.15, 0.2) is 77.7 Å². The fourth-order valence-electron chi connectivity index (χ4n) is 4.32. The van der Waals surface area contributed by atoms with Crippen molar-refractivity contribution >= 4 is 27.5 Å². The molecule has 0 aliphatic carbocycles. The molecule has 2 amide bonds. The summed E-state index contributed by atoms with van der Waals surface area (Å²) in [6.07, 6.45) is 0.387. The second-order valence-electron chi connectivity index (χ2n) is 9.44. The third kappa shape index (κ3) is 6.81. The van der Waals surface area contributed by atoms with Crippen molar-refractivity contribution in [3.63, 3.8) is 0 Å². The molecule has 3 rings (SSSR count). The molecule has 0 unspecified atom stereocenters. The van der Waals surface area contributed by atoms with E-state index in [4.69, 9.17) is 0 Å². The highest BCUT2D eigenvalue weighted by atomic mass is 32.2. The first-order valence-corrected chi connectivity index (χ1v) is 14.3. The van der Waals surface area contributed by atoms with Crippen LogP contribution in [0.2, 0.25) is 0 Å².